The van der Waals surface area contributed by atoms with Crippen molar-refractivity contribution in [1.82, 2.24) is 14.7 Å². The van der Waals surface area contributed by atoms with Crippen molar-refractivity contribution in [3.05, 3.63) is 71.8 Å². The summed E-state index contributed by atoms with van der Waals surface area (Å²) in [5, 5.41) is 0. The summed E-state index contributed by atoms with van der Waals surface area (Å²) < 4.78 is 0. The van der Waals surface area contributed by atoms with E-state index < -0.39 is 0 Å². The van der Waals surface area contributed by atoms with Gasteiger partial charge in [0.1, 0.15) is 6.04 Å². The molecule has 4 rings (SSSR count). The number of aryl methyl sites for hydroxylation is 1. The van der Waals surface area contributed by atoms with E-state index in [0.717, 1.165) is 45.3 Å². The number of rotatable bonds is 11. The van der Waals surface area contributed by atoms with Gasteiger partial charge in [0.05, 0.1) is 12.1 Å². The van der Waals surface area contributed by atoms with Gasteiger partial charge in [-0.3, -0.25) is 14.5 Å². The molecule has 2 aliphatic rings. The molecule has 0 N–H and O–H groups in total. The Hall–Kier alpha value is -2.66. The largest absolute Gasteiger partial charge is 0.339 e. The van der Waals surface area contributed by atoms with E-state index in [2.05, 4.69) is 80.0 Å². The van der Waals surface area contributed by atoms with E-state index in [4.69, 9.17) is 0 Å². The Bertz CT molecular complexity index is 1010. The average Bonchev–Trinajstić information content (AvgIpc) is 2.88. The monoisotopic (exact) mass is 503 g/mol. The molecule has 0 radical (unpaired) electrons. The molecule has 2 saturated heterocycles. The lowest BCUT2D eigenvalue weighted by molar-refractivity contribution is -0.167. The van der Waals surface area contributed by atoms with Crippen LogP contribution in [0.4, 0.5) is 0 Å². The molecule has 0 saturated carbocycles. The predicted molar refractivity (Wildman–Crippen MR) is 150 cm³/mol. The Morgan fingerprint density at radius 3 is 2.03 bits per heavy atom. The van der Waals surface area contributed by atoms with E-state index in [9.17, 15) is 9.59 Å². The Morgan fingerprint density at radius 2 is 1.41 bits per heavy atom. The Labute approximate surface area is 223 Å². The maximum absolute atomic E-state index is 14.2. The van der Waals surface area contributed by atoms with Gasteiger partial charge >= 0.3 is 0 Å². The highest BCUT2D eigenvalue weighted by Crippen LogP contribution is 2.30. The molecule has 2 aromatic carbocycles. The fourth-order valence-electron chi connectivity index (χ4n) is 5.93. The van der Waals surface area contributed by atoms with Gasteiger partial charge in [-0.1, -0.05) is 88.4 Å². The van der Waals surface area contributed by atoms with Crippen LogP contribution < -0.4 is 0 Å². The zero-order chi connectivity index (χ0) is 26.4. The van der Waals surface area contributed by atoms with Gasteiger partial charge in [-0.25, -0.2) is 0 Å². The van der Waals surface area contributed by atoms with Crippen LogP contribution >= 0.6 is 0 Å². The molecule has 5 heteroatoms. The van der Waals surface area contributed by atoms with Crippen LogP contribution in [0.3, 0.4) is 0 Å². The molecule has 0 aliphatic carbocycles. The molecule has 2 amide bonds. The van der Waals surface area contributed by atoms with Crippen molar-refractivity contribution in [2.75, 3.05) is 26.2 Å². The quantitative estimate of drug-likeness (QED) is 0.431. The molecule has 2 aromatic rings. The highest BCUT2D eigenvalue weighted by Gasteiger charge is 2.49. The molecular weight excluding hydrogens is 458 g/mol. The predicted octanol–water partition coefficient (Wildman–Crippen LogP) is 5.05. The van der Waals surface area contributed by atoms with Crippen LogP contribution in [-0.4, -0.2) is 70.8 Å². The van der Waals surface area contributed by atoms with Crippen molar-refractivity contribution < 1.29 is 9.59 Å². The van der Waals surface area contributed by atoms with Crippen molar-refractivity contribution in [3.8, 4) is 0 Å². The smallest absolute Gasteiger partial charge is 0.245 e. The van der Waals surface area contributed by atoms with Crippen molar-refractivity contribution in [2.45, 2.75) is 77.9 Å². The van der Waals surface area contributed by atoms with Crippen LogP contribution in [0, 0.1) is 11.8 Å². The molecule has 200 valence electrons. The van der Waals surface area contributed by atoms with Crippen LogP contribution in [0.5, 0.6) is 0 Å². The Morgan fingerprint density at radius 1 is 0.757 bits per heavy atom. The number of amides is 2. The third-order valence-corrected chi connectivity index (χ3v) is 7.88. The zero-order valence-corrected chi connectivity index (χ0v) is 23.2. The Balaban J connectivity index is 1.57. The lowest BCUT2D eigenvalue weighted by Gasteiger charge is -2.53. The molecule has 5 nitrogen and oxygen atoms in total. The molecule has 3 atom stereocenters. The van der Waals surface area contributed by atoms with E-state index >= 15 is 0 Å². The lowest BCUT2D eigenvalue weighted by Crippen LogP contribution is -2.72. The normalized spacial score (nSPS) is 22.7. The first-order chi connectivity index (χ1) is 17.8. The third kappa shape index (κ3) is 7.01. The Kier molecular flexibility index (Phi) is 9.42. The van der Waals surface area contributed by atoms with Gasteiger partial charge in [-0.05, 0) is 61.6 Å². The number of benzene rings is 2. The first-order valence-electron chi connectivity index (χ1n) is 14.3. The van der Waals surface area contributed by atoms with Crippen molar-refractivity contribution in [2.24, 2.45) is 11.8 Å². The van der Waals surface area contributed by atoms with Gasteiger partial charge in [0.2, 0.25) is 11.8 Å². The van der Waals surface area contributed by atoms with Gasteiger partial charge < -0.3 is 9.80 Å². The second-order valence-corrected chi connectivity index (χ2v) is 11.8. The van der Waals surface area contributed by atoms with Gasteiger partial charge in [-0.2, -0.15) is 0 Å². The summed E-state index contributed by atoms with van der Waals surface area (Å²) in [7, 11) is 0. The minimum atomic E-state index is -0.344. The van der Waals surface area contributed by atoms with E-state index in [1.165, 1.54) is 11.1 Å². The second kappa shape index (κ2) is 12.7. The molecule has 0 spiro atoms. The van der Waals surface area contributed by atoms with E-state index in [1.807, 2.05) is 23.1 Å². The summed E-state index contributed by atoms with van der Waals surface area (Å²) in [6, 6.07) is 20.4. The summed E-state index contributed by atoms with van der Waals surface area (Å²) in [5.74, 6) is 1.19. The van der Waals surface area contributed by atoms with E-state index in [-0.39, 0.29) is 29.9 Å². The maximum Gasteiger partial charge on any atom is 0.245 e. The minimum Gasteiger partial charge on any atom is -0.339 e. The van der Waals surface area contributed by atoms with E-state index in [0.29, 0.717) is 24.8 Å². The van der Waals surface area contributed by atoms with Crippen molar-refractivity contribution in [3.63, 3.8) is 0 Å². The number of hydrogen-bond donors (Lipinski definition) is 0. The third-order valence-electron chi connectivity index (χ3n) is 7.88. The van der Waals surface area contributed by atoms with E-state index in [1.54, 1.807) is 0 Å². The number of piperazine rings is 2. The SMILES string of the molecule is CC(C)CCN1C[C@@H]2CN(CCCc3ccccc3)[C@@H](Cc3ccccc3)C(=O)N2[C@@H](CC(C)C)C1=O. The molecule has 2 fully saturated rings. The van der Waals surface area contributed by atoms with Crippen LogP contribution in [0.25, 0.3) is 0 Å². The average molecular weight is 504 g/mol. The van der Waals surface area contributed by atoms with Crippen molar-refractivity contribution in [1.29, 1.82) is 0 Å². The molecule has 2 aliphatic heterocycles. The van der Waals surface area contributed by atoms with Gasteiger partial charge in [0.25, 0.3) is 0 Å². The molecular formula is C32H45N3O2. The fraction of sp³-hybridized carbons (Fsp3) is 0.562. The summed E-state index contributed by atoms with van der Waals surface area (Å²) >= 11 is 0. The summed E-state index contributed by atoms with van der Waals surface area (Å²) in [5.41, 5.74) is 2.52. The van der Waals surface area contributed by atoms with Crippen LogP contribution in [-0.2, 0) is 22.4 Å². The number of hydrogen-bond acceptors (Lipinski definition) is 3. The minimum absolute atomic E-state index is 0.0601. The standard InChI is InChI=1S/C32H45N3O2/c1-24(2)17-19-34-23-28-22-33(18-11-16-26-12-7-5-8-13-26)29(21-27-14-9-6-10-15-27)32(37)35(28)30(31(34)36)20-25(3)4/h5-10,12-15,24-25,28-30H,11,16-23H2,1-4H3/t28-,29-,30-/m0/s1. The van der Waals surface area contributed by atoms with Gasteiger partial charge in [0, 0.05) is 19.6 Å². The van der Waals surface area contributed by atoms with Gasteiger partial charge in [0.15, 0.2) is 0 Å². The topological polar surface area (TPSA) is 43.9 Å². The number of carbonyl (C=O) groups excluding carboxylic acids is 2. The molecule has 0 bridgehead atoms. The van der Waals surface area contributed by atoms with Crippen LogP contribution in [0.15, 0.2) is 60.7 Å². The summed E-state index contributed by atoms with van der Waals surface area (Å²) in [6.07, 6.45) is 4.44. The van der Waals surface area contributed by atoms with Crippen LogP contribution in [0.2, 0.25) is 0 Å². The first-order valence-corrected chi connectivity index (χ1v) is 14.3. The molecule has 37 heavy (non-hydrogen) atoms. The van der Waals surface area contributed by atoms with Crippen LogP contribution in [0.1, 0.15) is 58.1 Å². The number of carbonyl (C=O) groups is 2. The second-order valence-electron chi connectivity index (χ2n) is 11.8. The highest BCUT2D eigenvalue weighted by molar-refractivity contribution is 5.92. The highest BCUT2D eigenvalue weighted by atomic mass is 16.2. The van der Waals surface area contributed by atoms with Gasteiger partial charge in [-0.15, -0.1) is 0 Å². The summed E-state index contributed by atoms with van der Waals surface area (Å²) in [6.45, 7) is 11.9. The molecule has 2 heterocycles. The summed E-state index contributed by atoms with van der Waals surface area (Å²) in [4.78, 5) is 34.4. The lowest BCUT2D eigenvalue weighted by atomic mass is 9.90. The van der Waals surface area contributed by atoms with Crippen molar-refractivity contribution >= 4 is 11.8 Å². The fourth-order valence-corrected chi connectivity index (χ4v) is 5.93. The number of nitrogens with zero attached hydrogens (tertiary/aromatic N) is 3. The molecule has 0 aromatic heterocycles. The number of fused-ring (bicyclic) bond motifs is 1. The molecule has 0 unspecified atom stereocenters. The maximum atomic E-state index is 14.2. The first kappa shape index (κ1) is 27.4. The zero-order valence-electron chi connectivity index (χ0n) is 23.2.